The van der Waals surface area contributed by atoms with E-state index in [1.807, 2.05) is 24.3 Å². The molecule has 0 aromatic heterocycles. The van der Waals surface area contributed by atoms with Crippen molar-refractivity contribution in [2.24, 2.45) is 17.5 Å². The Labute approximate surface area is 94.3 Å². The minimum Gasteiger partial charge on any atom is -0.325 e. The Kier molecular flexibility index (Phi) is 3.26. The molecule has 82 valence electrons. The molecule has 0 heterocycles. The van der Waals surface area contributed by atoms with Crippen LogP contribution in [0.5, 0.6) is 0 Å². The molecule has 2 rings (SSSR count). The molecule has 15 heavy (non-hydrogen) atoms. The SMILES string of the molecule is NOC(c1ccc(Cl)cc1)[C@@H](N)C1CC1. The molecule has 1 saturated carbocycles. The molecule has 1 aliphatic carbocycles. The molecule has 4 heteroatoms. The van der Waals surface area contributed by atoms with Gasteiger partial charge in [-0.3, -0.25) is 4.84 Å². The average Bonchev–Trinajstić information content (AvgIpc) is 3.05. The fourth-order valence-electron chi connectivity index (χ4n) is 1.77. The highest BCUT2D eigenvalue weighted by atomic mass is 35.5. The highest BCUT2D eigenvalue weighted by Crippen LogP contribution is 2.37. The largest absolute Gasteiger partial charge is 0.325 e. The molecule has 0 amide bonds. The summed E-state index contributed by atoms with van der Waals surface area (Å²) in [6.45, 7) is 0. The lowest BCUT2D eigenvalue weighted by atomic mass is 9.99. The van der Waals surface area contributed by atoms with Gasteiger partial charge in [0.15, 0.2) is 0 Å². The molecule has 0 radical (unpaired) electrons. The molecule has 2 atom stereocenters. The number of hydrogen-bond acceptors (Lipinski definition) is 3. The van der Waals surface area contributed by atoms with Crippen LogP contribution in [0.25, 0.3) is 0 Å². The van der Waals surface area contributed by atoms with Gasteiger partial charge in [0.05, 0.1) is 0 Å². The summed E-state index contributed by atoms with van der Waals surface area (Å²) in [5.41, 5.74) is 7.05. The van der Waals surface area contributed by atoms with E-state index in [-0.39, 0.29) is 12.1 Å². The van der Waals surface area contributed by atoms with Gasteiger partial charge in [0, 0.05) is 11.1 Å². The lowest BCUT2D eigenvalue weighted by Crippen LogP contribution is -2.33. The fraction of sp³-hybridized carbons (Fsp3) is 0.455. The van der Waals surface area contributed by atoms with E-state index in [1.165, 1.54) is 12.8 Å². The van der Waals surface area contributed by atoms with E-state index in [4.69, 9.17) is 28.1 Å². The van der Waals surface area contributed by atoms with Crippen LogP contribution in [-0.2, 0) is 4.84 Å². The van der Waals surface area contributed by atoms with E-state index >= 15 is 0 Å². The lowest BCUT2D eigenvalue weighted by molar-refractivity contribution is 0.0287. The van der Waals surface area contributed by atoms with Crippen LogP contribution in [0.4, 0.5) is 0 Å². The molecule has 4 N–H and O–H groups in total. The van der Waals surface area contributed by atoms with Gasteiger partial charge in [0.1, 0.15) is 6.10 Å². The first-order chi connectivity index (χ1) is 7.22. The molecule has 1 aliphatic rings. The number of rotatable bonds is 4. The number of nitrogens with two attached hydrogens (primary N) is 2. The first-order valence-corrected chi connectivity index (χ1v) is 5.46. The Bertz CT molecular complexity index is 324. The van der Waals surface area contributed by atoms with Crippen LogP contribution >= 0.6 is 11.6 Å². The van der Waals surface area contributed by atoms with Gasteiger partial charge in [0.2, 0.25) is 0 Å². The molecule has 1 aromatic rings. The van der Waals surface area contributed by atoms with Crippen molar-refractivity contribution in [2.75, 3.05) is 0 Å². The van der Waals surface area contributed by atoms with Crippen molar-refractivity contribution in [3.05, 3.63) is 34.9 Å². The van der Waals surface area contributed by atoms with Crippen molar-refractivity contribution in [2.45, 2.75) is 25.0 Å². The maximum atomic E-state index is 6.07. The third kappa shape index (κ3) is 2.49. The fourth-order valence-corrected chi connectivity index (χ4v) is 1.90. The molecular weight excluding hydrogens is 212 g/mol. The van der Waals surface area contributed by atoms with Gasteiger partial charge in [-0.15, -0.1) is 0 Å². The van der Waals surface area contributed by atoms with Crippen LogP contribution in [0.15, 0.2) is 24.3 Å². The summed E-state index contributed by atoms with van der Waals surface area (Å²) >= 11 is 5.81. The van der Waals surface area contributed by atoms with Crippen LogP contribution < -0.4 is 11.6 Å². The van der Waals surface area contributed by atoms with E-state index in [0.717, 1.165) is 5.56 Å². The first-order valence-electron chi connectivity index (χ1n) is 5.09. The summed E-state index contributed by atoms with van der Waals surface area (Å²) in [4.78, 5) is 4.97. The molecule has 1 unspecified atom stereocenters. The normalized spacial score (nSPS) is 19.9. The van der Waals surface area contributed by atoms with Crippen molar-refractivity contribution in [3.8, 4) is 0 Å². The van der Waals surface area contributed by atoms with Gasteiger partial charge >= 0.3 is 0 Å². The van der Waals surface area contributed by atoms with E-state index in [9.17, 15) is 0 Å². The minimum atomic E-state index is -0.227. The highest BCUT2D eigenvalue weighted by molar-refractivity contribution is 6.30. The van der Waals surface area contributed by atoms with Crippen molar-refractivity contribution < 1.29 is 4.84 Å². The van der Waals surface area contributed by atoms with Crippen LogP contribution in [0.1, 0.15) is 24.5 Å². The molecule has 0 bridgehead atoms. The van der Waals surface area contributed by atoms with Gasteiger partial charge in [-0.25, -0.2) is 5.90 Å². The van der Waals surface area contributed by atoms with Gasteiger partial charge < -0.3 is 5.73 Å². The zero-order valence-electron chi connectivity index (χ0n) is 8.40. The molecule has 1 fully saturated rings. The smallest absolute Gasteiger partial charge is 0.119 e. The van der Waals surface area contributed by atoms with E-state index in [2.05, 4.69) is 0 Å². The van der Waals surface area contributed by atoms with Crippen molar-refractivity contribution in [1.29, 1.82) is 0 Å². The second-order valence-corrected chi connectivity index (χ2v) is 4.46. The zero-order chi connectivity index (χ0) is 10.8. The Morgan fingerprint density at radius 2 is 1.87 bits per heavy atom. The van der Waals surface area contributed by atoms with Crippen LogP contribution in [0, 0.1) is 5.92 Å². The average molecular weight is 227 g/mol. The minimum absolute atomic E-state index is 0.0174. The van der Waals surface area contributed by atoms with Crippen LogP contribution in [0.2, 0.25) is 5.02 Å². The second kappa shape index (κ2) is 4.49. The lowest BCUT2D eigenvalue weighted by Gasteiger charge is -2.21. The Morgan fingerprint density at radius 3 is 2.33 bits per heavy atom. The quantitative estimate of drug-likeness (QED) is 0.773. The van der Waals surface area contributed by atoms with Gasteiger partial charge in [-0.1, -0.05) is 23.7 Å². The molecule has 3 nitrogen and oxygen atoms in total. The third-order valence-corrected chi connectivity index (χ3v) is 3.11. The molecule has 0 aliphatic heterocycles. The molecule has 1 aromatic carbocycles. The Balaban J connectivity index is 2.14. The van der Waals surface area contributed by atoms with Gasteiger partial charge in [0.25, 0.3) is 0 Å². The third-order valence-electron chi connectivity index (χ3n) is 2.86. The summed E-state index contributed by atoms with van der Waals surface area (Å²) in [6.07, 6.45) is 2.12. The number of benzene rings is 1. The molecule has 0 saturated heterocycles. The monoisotopic (exact) mass is 226 g/mol. The summed E-state index contributed by atoms with van der Waals surface area (Å²) < 4.78 is 0. The van der Waals surface area contributed by atoms with E-state index in [0.29, 0.717) is 10.9 Å². The second-order valence-electron chi connectivity index (χ2n) is 4.02. The Morgan fingerprint density at radius 1 is 1.27 bits per heavy atom. The van der Waals surface area contributed by atoms with E-state index in [1.54, 1.807) is 0 Å². The van der Waals surface area contributed by atoms with Crippen molar-refractivity contribution in [3.63, 3.8) is 0 Å². The topological polar surface area (TPSA) is 61.3 Å². The van der Waals surface area contributed by atoms with Gasteiger partial charge in [-0.2, -0.15) is 0 Å². The molecular formula is C11H15ClN2O. The maximum Gasteiger partial charge on any atom is 0.119 e. The number of halogens is 1. The summed E-state index contributed by atoms with van der Waals surface area (Å²) in [5.74, 6) is 5.85. The Hall–Kier alpha value is -0.610. The van der Waals surface area contributed by atoms with Crippen LogP contribution in [-0.4, -0.2) is 6.04 Å². The summed E-state index contributed by atoms with van der Waals surface area (Å²) in [6, 6.07) is 7.44. The first kappa shape index (κ1) is 10.9. The van der Waals surface area contributed by atoms with Gasteiger partial charge in [-0.05, 0) is 36.5 Å². The number of hydrogen-bond donors (Lipinski definition) is 2. The van der Waals surface area contributed by atoms with Crippen molar-refractivity contribution >= 4 is 11.6 Å². The highest BCUT2D eigenvalue weighted by Gasteiger charge is 2.35. The van der Waals surface area contributed by atoms with E-state index < -0.39 is 0 Å². The molecule has 0 spiro atoms. The standard InChI is InChI=1S/C11H15ClN2O/c12-9-5-3-8(4-6-9)11(15-14)10(13)7-1-2-7/h3-7,10-11H,1-2,13-14H2/t10-,11?/m0/s1. The van der Waals surface area contributed by atoms with Crippen molar-refractivity contribution in [1.82, 2.24) is 0 Å². The van der Waals surface area contributed by atoms with Crippen LogP contribution in [0.3, 0.4) is 0 Å². The predicted octanol–water partition coefficient (Wildman–Crippen LogP) is 2.01. The zero-order valence-corrected chi connectivity index (χ0v) is 9.15. The maximum absolute atomic E-state index is 6.07. The predicted molar refractivity (Wildman–Crippen MR) is 60.2 cm³/mol. The summed E-state index contributed by atoms with van der Waals surface area (Å²) in [5, 5.41) is 0.703. The summed E-state index contributed by atoms with van der Waals surface area (Å²) in [7, 11) is 0.